The fourth-order valence-corrected chi connectivity index (χ4v) is 4.30. The van der Waals surface area contributed by atoms with Gasteiger partial charge in [0, 0.05) is 0 Å². The number of carbonyl (C=O) groups excluding carboxylic acids is 1. The van der Waals surface area contributed by atoms with Crippen LogP contribution in [0.4, 0.5) is 5.13 Å². The number of nitriles is 1. The number of amides is 1. The van der Waals surface area contributed by atoms with Gasteiger partial charge in [0.05, 0.1) is 21.7 Å². The van der Waals surface area contributed by atoms with Crippen LogP contribution in [0.3, 0.4) is 0 Å². The molecule has 26 heavy (non-hydrogen) atoms. The first-order valence-electron chi connectivity index (χ1n) is 8.37. The van der Waals surface area contributed by atoms with Gasteiger partial charge in [-0.2, -0.15) is 5.26 Å². The summed E-state index contributed by atoms with van der Waals surface area (Å²) < 4.78 is 6.72. The number of carbonyl (C=O) groups is 1. The zero-order chi connectivity index (χ0) is 19.3. The number of hydrogen-bond donors (Lipinski definition) is 1. The topological polar surface area (TPSA) is 75.0 Å². The predicted octanol–water partition coefficient (Wildman–Crippen LogP) is 4.91. The van der Waals surface area contributed by atoms with E-state index in [-0.39, 0.29) is 5.91 Å². The molecule has 1 aromatic heterocycles. The molecular weight excluding hydrogens is 366 g/mol. The van der Waals surface area contributed by atoms with E-state index in [2.05, 4.69) is 30.2 Å². The van der Waals surface area contributed by atoms with Gasteiger partial charge in [0.25, 0.3) is 5.91 Å². The highest BCUT2D eigenvalue weighted by molar-refractivity contribution is 8.01. The van der Waals surface area contributed by atoms with Gasteiger partial charge in [0.2, 0.25) is 0 Å². The van der Waals surface area contributed by atoms with E-state index >= 15 is 0 Å². The highest BCUT2D eigenvalue weighted by Crippen LogP contribution is 2.32. The average Bonchev–Trinajstić information content (AvgIpc) is 2.91. The van der Waals surface area contributed by atoms with Crippen molar-refractivity contribution in [3.63, 3.8) is 0 Å². The fraction of sp³-hybridized carbons (Fsp3) is 0.421. The number of aryl methyl sites for hydroxylation is 2. The second kappa shape index (κ2) is 9.06. The number of thiazole rings is 1. The van der Waals surface area contributed by atoms with E-state index in [4.69, 9.17) is 10.00 Å². The third-order valence-corrected chi connectivity index (χ3v) is 6.10. The van der Waals surface area contributed by atoms with Crippen LogP contribution in [0, 0.1) is 25.2 Å². The van der Waals surface area contributed by atoms with Crippen LogP contribution in [-0.2, 0) is 4.79 Å². The summed E-state index contributed by atoms with van der Waals surface area (Å²) in [5.74, 6) is 1.24. The number of anilines is 1. The van der Waals surface area contributed by atoms with Gasteiger partial charge < -0.3 is 4.74 Å². The lowest BCUT2D eigenvalue weighted by molar-refractivity contribution is -0.122. The van der Waals surface area contributed by atoms with E-state index in [0.29, 0.717) is 22.6 Å². The molecule has 0 aliphatic rings. The van der Waals surface area contributed by atoms with Gasteiger partial charge in [-0.15, -0.1) is 0 Å². The van der Waals surface area contributed by atoms with Crippen molar-refractivity contribution >= 4 is 34.1 Å². The lowest BCUT2D eigenvalue weighted by Gasteiger charge is -2.16. The molecule has 0 aliphatic carbocycles. The lowest BCUT2D eigenvalue weighted by atomic mass is 9.98. The molecule has 0 fully saturated rings. The van der Waals surface area contributed by atoms with Gasteiger partial charge in [-0.3, -0.25) is 10.1 Å². The van der Waals surface area contributed by atoms with Crippen LogP contribution in [0.1, 0.15) is 43.5 Å². The minimum absolute atomic E-state index is 0.249. The zero-order valence-corrected chi connectivity index (χ0v) is 17.3. The largest absolute Gasteiger partial charge is 0.481 e. The summed E-state index contributed by atoms with van der Waals surface area (Å²) in [6.07, 6.45) is -0.640. The Kier molecular flexibility index (Phi) is 7.06. The Labute approximate surface area is 162 Å². The number of thioether (sulfide) groups is 1. The normalized spacial score (nSPS) is 11.9. The second-order valence-electron chi connectivity index (χ2n) is 6.26. The van der Waals surface area contributed by atoms with Crippen molar-refractivity contribution in [2.75, 3.05) is 11.1 Å². The first-order valence-corrected chi connectivity index (χ1v) is 10.2. The molecule has 1 aromatic carbocycles. The Morgan fingerprint density at radius 1 is 1.38 bits per heavy atom. The predicted molar refractivity (Wildman–Crippen MR) is 107 cm³/mol. The Morgan fingerprint density at radius 3 is 2.73 bits per heavy atom. The van der Waals surface area contributed by atoms with Gasteiger partial charge in [-0.05, 0) is 49.9 Å². The van der Waals surface area contributed by atoms with Crippen molar-refractivity contribution in [2.45, 2.75) is 50.8 Å². The molecule has 138 valence electrons. The molecule has 0 bridgehead atoms. The summed E-state index contributed by atoms with van der Waals surface area (Å²) >= 11 is 2.80. The molecule has 2 aromatic rings. The first-order chi connectivity index (χ1) is 12.3. The van der Waals surface area contributed by atoms with E-state index in [1.807, 2.05) is 32.0 Å². The van der Waals surface area contributed by atoms with Crippen molar-refractivity contribution in [3.05, 3.63) is 35.0 Å². The molecule has 0 radical (unpaired) electrons. The number of rotatable bonds is 7. The average molecular weight is 390 g/mol. The number of nitrogens with one attached hydrogen (secondary N) is 1. The summed E-state index contributed by atoms with van der Waals surface area (Å²) in [5, 5.41) is 12.0. The number of hydrogen-bond acceptors (Lipinski definition) is 6. The SMILES string of the molecule is Cc1cc(OC(C)C(=O)Nc2nc(C)c(SCC#N)s2)ccc1C(C)C. The molecule has 1 N–H and O–H groups in total. The molecule has 1 atom stereocenters. The quantitative estimate of drug-likeness (QED) is 0.681. The molecule has 0 saturated heterocycles. The summed E-state index contributed by atoms with van der Waals surface area (Å²) in [6, 6.07) is 7.99. The maximum Gasteiger partial charge on any atom is 0.266 e. The molecule has 0 saturated carbocycles. The summed E-state index contributed by atoms with van der Waals surface area (Å²) in [4.78, 5) is 16.7. The molecule has 0 aliphatic heterocycles. The highest BCUT2D eigenvalue weighted by Gasteiger charge is 2.18. The van der Waals surface area contributed by atoms with Crippen LogP contribution in [-0.4, -0.2) is 22.7 Å². The van der Waals surface area contributed by atoms with Crippen molar-refractivity contribution in [1.82, 2.24) is 4.98 Å². The van der Waals surface area contributed by atoms with Gasteiger partial charge >= 0.3 is 0 Å². The van der Waals surface area contributed by atoms with E-state index < -0.39 is 6.10 Å². The maximum atomic E-state index is 12.4. The smallest absolute Gasteiger partial charge is 0.266 e. The lowest BCUT2D eigenvalue weighted by Crippen LogP contribution is -2.30. The van der Waals surface area contributed by atoms with Crippen LogP contribution in [0.2, 0.25) is 0 Å². The number of ether oxygens (including phenoxy) is 1. The van der Waals surface area contributed by atoms with Gasteiger partial charge in [-0.1, -0.05) is 43.0 Å². The van der Waals surface area contributed by atoms with E-state index in [1.165, 1.54) is 28.7 Å². The van der Waals surface area contributed by atoms with Crippen LogP contribution in [0.5, 0.6) is 5.75 Å². The summed E-state index contributed by atoms with van der Waals surface area (Å²) in [6.45, 7) is 9.93. The molecule has 5 nitrogen and oxygen atoms in total. The molecule has 2 rings (SSSR count). The molecule has 7 heteroatoms. The second-order valence-corrected chi connectivity index (χ2v) is 8.50. The monoisotopic (exact) mass is 389 g/mol. The third kappa shape index (κ3) is 5.23. The van der Waals surface area contributed by atoms with Crippen molar-refractivity contribution in [1.29, 1.82) is 5.26 Å². The molecule has 1 amide bonds. The molecular formula is C19H23N3O2S2. The third-order valence-electron chi connectivity index (χ3n) is 3.80. The molecule has 0 spiro atoms. The van der Waals surface area contributed by atoms with E-state index in [0.717, 1.165) is 15.5 Å². The van der Waals surface area contributed by atoms with Gasteiger partial charge in [0.1, 0.15) is 5.75 Å². The van der Waals surface area contributed by atoms with Crippen LogP contribution >= 0.6 is 23.1 Å². The standard InChI is InChI=1S/C19H23N3O2S2/c1-11(2)16-7-6-15(10-12(16)3)24-14(5)17(23)22-19-21-13(4)18(26-19)25-9-8-20/h6-7,10-11,14H,9H2,1-5H3,(H,21,22,23). The highest BCUT2D eigenvalue weighted by atomic mass is 32.2. The first kappa shape index (κ1) is 20.3. The van der Waals surface area contributed by atoms with Crippen LogP contribution in [0.15, 0.2) is 22.4 Å². The van der Waals surface area contributed by atoms with E-state index in [9.17, 15) is 4.79 Å². The van der Waals surface area contributed by atoms with Gasteiger partial charge in [-0.25, -0.2) is 4.98 Å². The number of aromatic nitrogens is 1. The van der Waals surface area contributed by atoms with Crippen molar-refractivity contribution in [2.24, 2.45) is 0 Å². The Balaban J connectivity index is 2.00. The van der Waals surface area contributed by atoms with Crippen LogP contribution in [0.25, 0.3) is 0 Å². The number of nitrogens with zero attached hydrogens (tertiary/aromatic N) is 2. The van der Waals surface area contributed by atoms with Crippen molar-refractivity contribution in [3.8, 4) is 11.8 Å². The Hall–Kier alpha value is -2.04. The number of benzene rings is 1. The Morgan fingerprint density at radius 2 is 2.12 bits per heavy atom. The molecule has 1 unspecified atom stereocenters. The Bertz CT molecular complexity index is 825. The molecule has 1 heterocycles. The summed E-state index contributed by atoms with van der Waals surface area (Å²) in [5.41, 5.74) is 3.24. The minimum Gasteiger partial charge on any atom is -0.481 e. The fourth-order valence-electron chi connectivity index (χ4n) is 2.50. The van der Waals surface area contributed by atoms with E-state index in [1.54, 1.807) is 6.92 Å². The van der Waals surface area contributed by atoms with Crippen molar-refractivity contribution < 1.29 is 9.53 Å². The summed E-state index contributed by atoms with van der Waals surface area (Å²) in [7, 11) is 0. The van der Waals surface area contributed by atoms with Gasteiger partial charge in [0.15, 0.2) is 11.2 Å². The maximum absolute atomic E-state index is 12.4. The van der Waals surface area contributed by atoms with Crippen LogP contribution < -0.4 is 10.1 Å². The minimum atomic E-state index is -0.640. The zero-order valence-electron chi connectivity index (χ0n) is 15.6.